The smallest absolute Gasteiger partial charge is 0.238 e. The molecule has 1 aliphatic rings. The number of benzene rings is 1. The first-order valence-electron chi connectivity index (χ1n) is 6.45. The number of carbonyl (C=O) groups is 1. The average Bonchev–Trinajstić information content (AvgIpc) is 2.86. The standard InChI is InChI=1S/C14H19BrN2O/c1-10-12(15)7-4-8-13(10)17-14(18)9-16-11-5-2-3-6-11/h4,7-8,11,16H,2-3,5-6,9H2,1H3,(H,17,18). The van der Waals surface area contributed by atoms with Crippen LogP contribution in [0.3, 0.4) is 0 Å². The third-order valence-corrected chi connectivity index (χ3v) is 4.31. The first kappa shape index (κ1) is 13.6. The van der Waals surface area contributed by atoms with Gasteiger partial charge in [-0.1, -0.05) is 34.8 Å². The molecule has 1 fully saturated rings. The molecule has 0 radical (unpaired) electrons. The van der Waals surface area contributed by atoms with Crippen molar-refractivity contribution in [1.29, 1.82) is 0 Å². The molecule has 0 unspecified atom stereocenters. The molecule has 1 aromatic rings. The van der Waals surface area contributed by atoms with Crippen LogP contribution in [-0.4, -0.2) is 18.5 Å². The fourth-order valence-corrected chi connectivity index (χ4v) is 2.67. The molecule has 3 nitrogen and oxygen atoms in total. The van der Waals surface area contributed by atoms with E-state index in [-0.39, 0.29) is 5.91 Å². The van der Waals surface area contributed by atoms with Gasteiger partial charge in [-0.05, 0) is 37.5 Å². The fourth-order valence-electron chi connectivity index (χ4n) is 2.30. The summed E-state index contributed by atoms with van der Waals surface area (Å²) in [6.07, 6.45) is 4.96. The molecule has 1 amide bonds. The second-order valence-corrected chi connectivity index (χ2v) is 5.68. The van der Waals surface area contributed by atoms with Gasteiger partial charge in [-0.3, -0.25) is 4.79 Å². The normalized spacial score (nSPS) is 15.9. The van der Waals surface area contributed by atoms with E-state index in [0.717, 1.165) is 15.7 Å². The minimum Gasteiger partial charge on any atom is -0.325 e. The minimum atomic E-state index is 0.0306. The second kappa shape index (κ2) is 6.34. The van der Waals surface area contributed by atoms with Crippen molar-refractivity contribution in [2.75, 3.05) is 11.9 Å². The lowest BCUT2D eigenvalue weighted by molar-refractivity contribution is -0.115. The first-order chi connectivity index (χ1) is 8.66. The van der Waals surface area contributed by atoms with Gasteiger partial charge in [0.1, 0.15) is 0 Å². The van der Waals surface area contributed by atoms with Gasteiger partial charge in [-0.15, -0.1) is 0 Å². The Morgan fingerprint density at radius 2 is 2.11 bits per heavy atom. The molecular weight excluding hydrogens is 292 g/mol. The average molecular weight is 311 g/mol. The van der Waals surface area contributed by atoms with Crippen LogP contribution in [-0.2, 0) is 4.79 Å². The van der Waals surface area contributed by atoms with Gasteiger partial charge in [-0.25, -0.2) is 0 Å². The molecule has 0 atom stereocenters. The molecule has 0 spiro atoms. The maximum absolute atomic E-state index is 11.8. The van der Waals surface area contributed by atoms with E-state index < -0.39 is 0 Å². The highest BCUT2D eigenvalue weighted by molar-refractivity contribution is 9.10. The molecule has 0 saturated heterocycles. The molecular formula is C14H19BrN2O. The molecule has 1 aromatic carbocycles. The van der Waals surface area contributed by atoms with Crippen LogP contribution in [0, 0.1) is 6.92 Å². The Bertz CT molecular complexity index is 428. The third kappa shape index (κ3) is 3.56. The van der Waals surface area contributed by atoms with Crippen molar-refractivity contribution in [2.24, 2.45) is 0 Å². The minimum absolute atomic E-state index is 0.0306. The summed E-state index contributed by atoms with van der Waals surface area (Å²) in [5, 5.41) is 6.26. The summed E-state index contributed by atoms with van der Waals surface area (Å²) in [5.74, 6) is 0.0306. The van der Waals surface area contributed by atoms with Crippen LogP contribution in [0.1, 0.15) is 31.2 Å². The molecule has 2 rings (SSSR count). The summed E-state index contributed by atoms with van der Waals surface area (Å²) < 4.78 is 1.02. The zero-order valence-corrected chi connectivity index (χ0v) is 12.2. The van der Waals surface area contributed by atoms with Gasteiger partial charge < -0.3 is 10.6 Å². The quantitative estimate of drug-likeness (QED) is 0.896. The highest BCUT2D eigenvalue weighted by atomic mass is 79.9. The molecule has 1 aliphatic carbocycles. The molecule has 2 N–H and O–H groups in total. The zero-order chi connectivity index (χ0) is 13.0. The van der Waals surface area contributed by atoms with Gasteiger partial charge in [0.2, 0.25) is 5.91 Å². The number of rotatable bonds is 4. The maximum atomic E-state index is 11.8. The molecule has 1 saturated carbocycles. The molecule has 18 heavy (non-hydrogen) atoms. The summed E-state index contributed by atoms with van der Waals surface area (Å²) in [6, 6.07) is 6.35. The molecule has 98 valence electrons. The Hall–Kier alpha value is -0.870. The van der Waals surface area contributed by atoms with Crippen molar-refractivity contribution < 1.29 is 4.79 Å². The van der Waals surface area contributed by atoms with Gasteiger partial charge >= 0.3 is 0 Å². The summed E-state index contributed by atoms with van der Waals surface area (Å²) in [6.45, 7) is 2.39. The Morgan fingerprint density at radius 1 is 1.39 bits per heavy atom. The van der Waals surface area contributed by atoms with Crippen molar-refractivity contribution in [3.63, 3.8) is 0 Å². The third-order valence-electron chi connectivity index (χ3n) is 3.45. The fraction of sp³-hybridized carbons (Fsp3) is 0.500. The van der Waals surface area contributed by atoms with Gasteiger partial charge in [0.15, 0.2) is 0 Å². The van der Waals surface area contributed by atoms with E-state index in [1.165, 1.54) is 25.7 Å². The maximum Gasteiger partial charge on any atom is 0.238 e. The van der Waals surface area contributed by atoms with Crippen LogP contribution >= 0.6 is 15.9 Å². The van der Waals surface area contributed by atoms with Crippen molar-refractivity contribution in [2.45, 2.75) is 38.6 Å². The van der Waals surface area contributed by atoms with Crippen LogP contribution in [0.15, 0.2) is 22.7 Å². The van der Waals surface area contributed by atoms with E-state index in [0.29, 0.717) is 12.6 Å². The highest BCUT2D eigenvalue weighted by Gasteiger charge is 2.15. The number of halogens is 1. The van der Waals surface area contributed by atoms with Gasteiger partial charge in [-0.2, -0.15) is 0 Å². The van der Waals surface area contributed by atoms with E-state index >= 15 is 0 Å². The number of amides is 1. The monoisotopic (exact) mass is 310 g/mol. The number of anilines is 1. The van der Waals surface area contributed by atoms with Gasteiger partial charge in [0, 0.05) is 16.2 Å². The number of hydrogen-bond donors (Lipinski definition) is 2. The first-order valence-corrected chi connectivity index (χ1v) is 7.24. The Balaban J connectivity index is 1.84. The summed E-state index contributed by atoms with van der Waals surface area (Å²) in [5.41, 5.74) is 1.94. The summed E-state index contributed by atoms with van der Waals surface area (Å²) in [4.78, 5) is 11.8. The SMILES string of the molecule is Cc1c(Br)cccc1NC(=O)CNC1CCCC1. The van der Waals surface area contributed by atoms with Crippen molar-refractivity contribution in [3.8, 4) is 0 Å². The molecule has 0 aromatic heterocycles. The van der Waals surface area contributed by atoms with Crippen LogP contribution in [0.5, 0.6) is 0 Å². The van der Waals surface area contributed by atoms with E-state index in [2.05, 4.69) is 26.6 Å². The van der Waals surface area contributed by atoms with Crippen molar-refractivity contribution >= 4 is 27.5 Å². The summed E-state index contributed by atoms with van der Waals surface area (Å²) >= 11 is 3.46. The Morgan fingerprint density at radius 3 is 2.83 bits per heavy atom. The van der Waals surface area contributed by atoms with Crippen LogP contribution in [0.2, 0.25) is 0 Å². The van der Waals surface area contributed by atoms with Crippen LogP contribution in [0.4, 0.5) is 5.69 Å². The lowest BCUT2D eigenvalue weighted by Gasteiger charge is -2.13. The molecule has 0 aliphatic heterocycles. The second-order valence-electron chi connectivity index (χ2n) is 4.82. The molecule has 4 heteroatoms. The van der Waals surface area contributed by atoms with Crippen LogP contribution in [0.25, 0.3) is 0 Å². The topological polar surface area (TPSA) is 41.1 Å². The van der Waals surface area contributed by atoms with E-state index in [1.54, 1.807) is 0 Å². The lowest BCUT2D eigenvalue weighted by Crippen LogP contribution is -2.34. The van der Waals surface area contributed by atoms with Crippen molar-refractivity contribution in [1.82, 2.24) is 5.32 Å². The predicted molar refractivity (Wildman–Crippen MR) is 77.8 cm³/mol. The predicted octanol–water partition coefficient (Wildman–Crippen LogP) is 3.23. The highest BCUT2D eigenvalue weighted by Crippen LogP contribution is 2.23. The number of nitrogens with one attached hydrogen (secondary N) is 2. The zero-order valence-electron chi connectivity index (χ0n) is 10.6. The van der Waals surface area contributed by atoms with E-state index in [9.17, 15) is 4.79 Å². The Kier molecular flexibility index (Phi) is 4.78. The lowest BCUT2D eigenvalue weighted by atomic mass is 10.2. The number of carbonyl (C=O) groups excluding carboxylic acids is 1. The van der Waals surface area contributed by atoms with Crippen molar-refractivity contribution in [3.05, 3.63) is 28.2 Å². The summed E-state index contributed by atoms with van der Waals surface area (Å²) in [7, 11) is 0. The largest absolute Gasteiger partial charge is 0.325 e. The van der Waals surface area contributed by atoms with Gasteiger partial charge in [0.05, 0.1) is 6.54 Å². The number of hydrogen-bond acceptors (Lipinski definition) is 2. The molecule has 0 bridgehead atoms. The van der Waals surface area contributed by atoms with Gasteiger partial charge in [0.25, 0.3) is 0 Å². The van der Waals surface area contributed by atoms with E-state index in [4.69, 9.17) is 0 Å². The molecule has 0 heterocycles. The van der Waals surface area contributed by atoms with E-state index in [1.807, 2.05) is 25.1 Å². The Labute approximate surface area is 116 Å². The van der Waals surface area contributed by atoms with Crippen LogP contribution < -0.4 is 10.6 Å².